The van der Waals surface area contributed by atoms with Gasteiger partial charge in [-0.25, -0.2) is 13.1 Å². The maximum absolute atomic E-state index is 12.9. The molecule has 0 aliphatic carbocycles. The van der Waals surface area contributed by atoms with E-state index in [-0.39, 0.29) is 12.0 Å². The van der Waals surface area contributed by atoms with Gasteiger partial charge < -0.3 is 4.74 Å². The zero-order valence-corrected chi connectivity index (χ0v) is 18.0. The second-order valence-corrected chi connectivity index (χ2v) is 9.07. The van der Waals surface area contributed by atoms with Gasteiger partial charge in [0.05, 0.1) is 18.1 Å². The molecule has 0 unspecified atom stereocenters. The average Bonchev–Trinajstić information content (AvgIpc) is 2.70. The van der Waals surface area contributed by atoms with Crippen LogP contribution in [0.25, 0.3) is 0 Å². The second-order valence-electron chi connectivity index (χ2n) is 7.35. The number of benzene rings is 2. The lowest BCUT2D eigenvalue weighted by molar-refractivity contribution is 0.0731. The van der Waals surface area contributed by atoms with Gasteiger partial charge in [0.15, 0.2) is 0 Å². The summed E-state index contributed by atoms with van der Waals surface area (Å²) in [6.07, 6.45) is 3.69. The molecule has 28 heavy (non-hydrogen) atoms. The van der Waals surface area contributed by atoms with Gasteiger partial charge in [-0.15, -0.1) is 0 Å². The van der Waals surface area contributed by atoms with Crippen molar-refractivity contribution in [2.75, 3.05) is 6.61 Å². The third kappa shape index (κ3) is 7.04. The lowest BCUT2D eigenvalue weighted by Crippen LogP contribution is -2.41. The Morgan fingerprint density at radius 1 is 1.00 bits per heavy atom. The first-order chi connectivity index (χ1) is 13.5. The first kappa shape index (κ1) is 22.6. The van der Waals surface area contributed by atoms with Gasteiger partial charge in [-0.1, -0.05) is 74.7 Å². The van der Waals surface area contributed by atoms with E-state index < -0.39 is 10.0 Å². The Morgan fingerprint density at radius 3 is 2.29 bits per heavy atom. The van der Waals surface area contributed by atoms with E-state index in [4.69, 9.17) is 4.74 Å². The molecule has 4 nitrogen and oxygen atoms in total. The van der Waals surface area contributed by atoms with Crippen LogP contribution in [0, 0.1) is 12.8 Å². The summed E-state index contributed by atoms with van der Waals surface area (Å²) in [5, 5.41) is 0. The fourth-order valence-electron chi connectivity index (χ4n) is 3.22. The Morgan fingerprint density at radius 2 is 1.68 bits per heavy atom. The highest BCUT2D eigenvalue weighted by Gasteiger charge is 2.26. The number of ether oxygens (including phenoxy) is 1. The van der Waals surface area contributed by atoms with Crippen LogP contribution in [0.1, 0.15) is 50.7 Å². The maximum Gasteiger partial charge on any atom is 0.240 e. The van der Waals surface area contributed by atoms with E-state index in [1.54, 1.807) is 12.1 Å². The summed E-state index contributed by atoms with van der Waals surface area (Å²) in [4.78, 5) is 0.319. The van der Waals surface area contributed by atoms with E-state index in [1.165, 1.54) is 0 Å². The van der Waals surface area contributed by atoms with Crippen LogP contribution in [0.4, 0.5) is 0 Å². The van der Waals surface area contributed by atoms with Crippen molar-refractivity contribution in [2.45, 2.75) is 64.0 Å². The maximum atomic E-state index is 12.9. The van der Waals surface area contributed by atoms with Gasteiger partial charge in [0, 0.05) is 6.04 Å². The Bertz CT molecular complexity index is 788. The minimum absolute atomic E-state index is 0.132. The van der Waals surface area contributed by atoms with Crippen LogP contribution in [0.15, 0.2) is 59.5 Å². The van der Waals surface area contributed by atoms with Crippen molar-refractivity contribution in [2.24, 2.45) is 5.92 Å². The first-order valence-corrected chi connectivity index (χ1v) is 11.6. The lowest BCUT2D eigenvalue weighted by Gasteiger charge is -2.27. The number of aryl methyl sites for hydroxylation is 1. The Kier molecular flexibility index (Phi) is 9.16. The Hall–Kier alpha value is -1.69. The summed E-state index contributed by atoms with van der Waals surface area (Å²) >= 11 is 0. The summed E-state index contributed by atoms with van der Waals surface area (Å²) in [5.74, 6) is 0.135. The molecule has 0 heterocycles. The molecule has 0 amide bonds. The number of hydrogen-bond acceptors (Lipinski definition) is 3. The van der Waals surface area contributed by atoms with Crippen LogP contribution in [0.3, 0.4) is 0 Å². The molecule has 0 spiro atoms. The predicted octanol–water partition coefficient (Wildman–Crippen LogP) is 5.08. The van der Waals surface area contributed by atoms with E-state index in [9.17, 15) is 8.42 Å². The second kappa shape index (κ2) is 11.3. The summed E-state index contributed by atoms with van der Waals surface area (Å²) in [6.45, 7) is 7.25. The van der Waals surface area contributed by atoms with Crippen LogP contribution < -0.4 is 4.72 Å². The smallest absolute Gasteiger partial charge is 0.240 e. The van der Waals surface area contributed by atoms with Crippen LogP contribution >= 0.6 is 0 Å². The summed E-state index contributed by atoms with van der Waals surface area (Å²) in [6, 6.07) is 16.9. The number of rotatable bonds is 12. The quantitative estimate of drug-likeness (QED) is 0.538. The minimum Gasteiger partial charge on any atom is -0.376 e. The monoisotopic (exact) mass is 403 g/mol. The molecule has 0 saturated heterocycles. The van der Waals surface area contributed by atoms with Crippen molar-refractivity contribution < 1.29 is 13.2 Å². The van der Waals surface area contributed by atoms with Gasteiger partial charge >= 0.3 is 0 Å². The van der Waals surface area contributed by atoms with Crippen LogP contribution in [-0.2, 0) is 21.4 Å². The molecule has 1 N–H and O–H groups in total. The third-order valence-corrected chi connectivity index (χ3v) is 6.55. The van der Waals surface area contributed by atoms with Crippen molar-refractivity contribution in [3.8, 4) is 0 Å². The average molecular weight is 404 g/mol. The third-order valence-electron chi connectivity index (χ3n) is 5.04. The highest BCUT2D eigenvalue weighted by molar-refractivity contribution is 7.89. The van der Waals surface area contributed by atoms with Crippen LogP contribution in [0.5, 0.6) is 0 Å². The van der Waals surface area contributed by atoms with E-state index in [1.807, 2.05) is 49.4 Å². The highest BCUT2D eigenvalue weighted by atomic mass is 32.2. The molecule has 0 radical (unpaired) electrons. The predicted molar refractivity (Wildman–Crippen MR) is 115 cm³/mol. The van der Waals surface area contributed by atoms with Crippen molar-refractivity contribution in [3.05, 3.63) is 65.7 Å². The van der Waals surface area contributed by atoms with Gasteiger partial charge in [-0.3, -0.25) is 0 Å². The minimum atomic E-state index is -3.54. The topological polar surface area (TPSA) is 55.4 Å². The van der Waals surface area contributed by atoms with Crippen LogP contribution in [0.2, 0.25) is 0 Å². The molecule has 2 aromatic carbocycles. The molecule has 0 bridgehead atoms. The summed E-state index contributed by atoms with van der Waals surface area (Å²) < 4.78 is 34.7. The van der Waals surface area contributed by atoms with E-state index in [0.717, 1.165) is 36.8 Å². The van der Waals surface area contributed by atoms with Gasteiger partial charge in [-0.05, 0) is 43.4 Å². The van der Waals surface area contributed by atoms with Gasteiger partial charge in [0.25, 0.3) is 0 Å². The molecule has 2 atom stereocenters. The fraction of sp³-hybridized carbons (Fsp3) is 0.478. The number of sulfonamides is 1. The molecule has 154 valence electrons. The van der Waals surface area contributed by atoms with Gasteiger partial charge in [-0.2, -0.15) is 0 Å². The van der Waals surface area contributed by atoms with Crippen molar-refractivity contribution in [1.82, 2.24) is 4.72 Å². The number of nitrogens with one attached hydrogen (secondary N) is 1. The summed E-state index contributed by atoms with van der Waals surface area (Å²) in [7, 11) is -3.54. The van der Waals surface area contributed by atoms with E-state index >= 15 is 0 Å². The molecule has 0 aromatic heterocycles. The molecule has 5 heteroatoms. The zero-order chi connectivity index (χ0) is 20.4. The van der Waals surface area contributed by atoms with Crippen molar-refractivity contribution in [3.63, 3.8) is 0 Å². The van der Waals surface area contributed by atoms with Gasteiger partial charge in [0.2, 0.25) is 10.0 Å². The van der Waals surface area contributed by atoms with Crippen LogP contribution in [-0.4, -0.2) is 21.1 Å². The Balaban J connectivity index is 2.05. The first-order valence-electron chi connectivity index (χ1n) is 10.2. The number of hydrogen-bond donors (Lipinski definition) is 1. The van der Waals surface area contributed by atoms with Gasteiger partial charge in [0.1, 0.15) is 0 Å². The molecule has 0 saturated carbocycles. The highest BCUT2D eigenvalue weighted by Crippen LogP contribution is 2.20. The zero-order valence-electron chi connectivity index (χ0n) is 17.2. The van der Waals surface area contributed by atoms with E-state index in [0.29, 0.717) is 18.1 Å². The van der Waals surface area contributed by atoms with Crippen molar-refractivity contribution in [1.29, 1.82) is 0 Å². The largest absolute Gasteiger partial charge is 0.376 e. The Labute approximate surface area is 170 Å². The molecular weight excluding hydrogens is 370 g/mol. The lowest BCUT2D eigenvalue weighted by atomic mass is 9.94. The molecule has 0 fully saturated rings. The van der Waals surface area contributed by atoms with Crippen molar-refractivity contribution >= 4 is 10.0 Å². The normalized spacial score (nSPS) is 14.0. The standard InChI is InChI=1S/C23H33NO3S/c1-4-6-12-23(24-28(25,26)22-15-13-19(3)14-16-22)21(5-2)18-27-17-20-10-8-7-9-11-20/h7-11,13-16,21,23-24H,4-6,12,17-18H2,1-3H3/t21-,23+/m0/s1. The molecule has 0 aliphatic heterocycles. The molecule has 2 aromatic rings. The summed E-state index contributed by atoms with van der Waals surface area (Å²) in [5.41, 5.74) is 2.17. The molecule has 2 rings (SSSR count). The number of unbranched alkanes of at least 4 members (excludes halogenated alkanes) is 1. The van der Waals surface area contributed by atoms with E-state index in [2.05, 4.69) is 18.6 Å². The molecular formula is C23H33NO3S. The fourth-order valence-corrected chi connectivity index (χ4v) is 4.56. The molecule has 0 aliphatic rings. The SMILES string of the molecule is CCCC[C@@H](NS(=O)(=O)c1ccc(C)cc1)[C@@H](CC)COCc1ccccc1.